The lowest BCUT2D eigenvalue weighted by molar-refractivity contribution is -0.385. The Morgan fingerprint density at radius 1 is 1.26 bits per heavy atom. The molecule has 6 nitrogen and oxygen atoms in total. The van der Waals surface area contributed by atoms with E-state index in [1.807, 2.05) is 0 Å². The molecule has 0 saturated heterocycles. The van der Waals surface area contributed by atoms with E-state index in [4.69, 9.17) is 0 Å². The molecule has 0 fully saturated rings. The predicted molar refractivity (Wildman–Crippen MR) is 84.2 cm³/mol. The van der Waals surface area contributed by atoms with Gasteiger partial charge >= 0.3 is 0 Å². The number of amides is 1. The standard InChI is InChI=1S/C15H11BrFN3O3/c16-14(9-4-6-11(17)7-5-9)19-8-10-2-1-3-12(20(22)23)13(10)15(21)18-19/h1-7,14H,8H2,(H,18,21). The number of nitrogens with one attached hydrogen (secondary N) is 1. The predicted octanol–water partition coefficient (Wildman–Crippen LogP) is 3.29. The molecule has 1 atom stereocenters. The van der Waals surface area contributed by atoms with Gasteiger partial charge in [-0.3, -0.25) is 20.3 Å². The summed E-state index contributed by atoms with van der Waals surface area (Å²) in [5.41, 5.74) is 3.81. The zero-order valence-corrected chi connectivity index (χ0v) is 13.3. The van der Waals surface area contributed by atoms with Crippen molar-refractivity contribution in [3.05, 3.63) is 75.1 Å². The number of hydrogen-bond acceptors (Lipinski definition) is 4. The van der Waals surface area contributed by atoms with Crippen molar-refractivity contribution in [1.29, 1.82) is 0 Å². The highest BCUT2D eigenvalue weighted by Crippen LogP contribution is 2.32. The molecule has 1 N–H and O–H groups in total. The minimum Gasteiger partial charge on any atom is -0.283 e. The average molecular weight is 380 g/mol. The summed E-state index contributed by atoms with van der Waals surface area (Å²) in [5.74, 6) is -0.887. The van der Waals surface area contributed by atoms with E-state index in [2.05, 4.69) is 21.4 Å². The third-order valence-electron chi connectivity index (χ3n) is 3.56. The number of carbonyl (C=O) groups is 1. The second-order valence-corrected chi connectivity index (χ2v) is 5.89. The normalized spacial score (nSPS) is 15.7. The Labute approximate surface area is 139 Å². The van der Waals surface area contributed by atoms with Crippen LogP contribution in [0.1, 0.15) is 26.4 Å². The lowest BCUT2D eigenvalue weighted by atomic mass is 10.0. The van der Waals surface area contributed by atoms with Crippen molar-refractivity contribution in [2.75, 3.05) is 0 Å². The molecule has 8 heteroatoms. The van der Waals surface area contributed by atoms with Crippen molar-refractivity contribution >= 4 is 27.5 Å². The fourth-order valence-electron chi connectivity index (χ4n) is 2.48. The summed E-state index contributed by atoms with van der Waals surface area (Å²) in [6, 6.07) is 10.4. The third-order valence-corrected chi connectivity index (χ3v) is 4.58. The van der Waals surface area contributed by atoms with Crippen LogP contribution in [-0.4, -0.2) is 15.8 Å². The Bertz CT molecular complexity index is 782. The minimum atomic E-state index is -0.570. The van der Waals surface area contributed by atoms with Gasteiger partial charge in [0.15, 0.2) is 0 Å². The summed E-state index contributed by atoms with van der Waals surface area (Å²) in [6.45, 7) is 0.288. The summed E-state index contributed by atoms with van der Waals surface area (Å²) >= 11 is 3.45. The molecule has 2 aromatic rings. The highest BCUT2D eigenvalue weighted by atomic mass is 79.9. The summed E-state index contributed by atoms with van der Waals surface area (Å²) in [6.07, 6.45) is 0. The second-order valence-electron chi connectivity index (χ2n) is 5.02. The van der Waals surface area contributed by atoms with Crippen LogP contribution in [0.3, 0.4) is 0 Å². The molecule has 1 aliphatic heterocycles. The van der Waals surface area contributed by atoms with Crippen molar-refractivity contribution in [3.8, 4) is 0 Å². The molecule has 23 heavy (non-hydrogen) atoms. The van der Waals surface area contributed by atoms with Crippen LogP contribution < -0.4 is 5.43 Å². The minimum absolute atomic E-state index is 0.0764. The van der Waals surface area contributed by atoms with Crippen LogP contribution >= 0.6 is 15.9 Å². The fourth-order valence-corrected chi connectivity index (χ4v) is 3.03. The molecule has 0 bridgehead atoms. The summed E-state index contributed by atoms with van der Waals surface area (Å²) in [7, 11) is 0. The number of hydrazine groups is 1. The Kier molecular flexibility index (Phi) is 4.10. The van der Waals surface area contributed by atoms with Gasteiger partial charge in [0.2, 0.25) is 0 Å². The Morgan fingerprint density at radius 2 is 1.96 bits per heavy atom. The molecular formula is C15H11BrFN3O3. The van der Waals surface area contributed by atoms with Crippen LogP contribution in [0, 0.1) is 15.9 Å². The van der Waals surface area contributed by atoms with Gasteiger partial charge in [0.1, 0.15) is 16.3 Å². The number of carbonyl (C=O) groups excluding carboxylic acids is 1. The molecule has 118 valence electrons. The molecule has 1 amide bonds. The van der Waals surface area contributed by atoms with E-state index in [1.165, 1.54) is 18.2 Å². The molecule has 1 aliphatic rings. The first-order chi connectivity index (χ1) is 11.0. The SMILES string of the molecule is O=C1NN(C(Br)c2ccc(F)cc2)Cc2cccc([N+](=O)[O-])c21. The monoisotopic (exact) mass is 379 g/mol. The highest BCUT2D eigenvalue weighted by Gasteiger charge is 2.32. The molecular weight excluding hydrogens is 369 g/mol. The van der Waals surface area contributed by atoms with Crippen molar-refractivity contribution in [2.45, 2.75) is 11.5 Å². The number of nitro groups is 1. The van der Waals surface area contributed by atoms with Gasteiger partial charge in [0, 0.05) is 12.6 Å². The highest BCUT2D eigenvalue weighted by molar-refractivity contribution is 9.09. The largest absolute Gasteiger partial charge is 0.283 e. The summed E-state index contributed by atoms with van der Waals surface area (Å²) in [4.78, 5) is 22.4. The van der Waals surface area contributed by atoms with E-state index in [0.717, 1.165) is 5.56 Å². The molecule has 0 radical (unpaired) electrons. The number of nitrogens with zero attached hydrogens (tertiary/aromatic N) is 2. The van der Waals surface area contributed by atoms with Crippen LogP contribution in [0.15, 0.2) is 42.5 Å². The Balaban J connectivity index is 1.92. The van der Waals surface area contributed by atoms with Crippen molar-refractivity contribution in [3.63, 3.8) is 0 Å². The van der Waals surface area contributed by atoms with E-state index in [-0.39, 0.29) is 28.6 Å². The van der Waals surface area contributed by atoms with E-state index in [0.29, 0.717) is 5.56 Å². The maximum atomic E-state index is 13.0. The maximum absolute atomic E-state index is 13.0. The average Bonchev–Trinajstić information content (AvgIpc) is 2.54. The molecule has 0 saturated carbocycles. The van der Waals surface area contributed by atoms with Gasteiger partial charge in [-0.2, -0.15) is 5.01 Å². The van der Waals surface area contributed by atoms with Crippen LogP contribution in [0.4, 0.5) is 10.1 Å². The number of alkyl halides is 1. The van der Waals surface area contributed by atoms with Crippen molar-refractivity contribution < 1.29 is 14.1 Å². The molecule has 1 unspecified atom stereocenters. The lowest BCUT2D eigenvalue weighted by Crippen LogP contribution is -2.46. The molecule has 2 aromatic carbocycles. The molecule has 0 aliphatic carbocycles. The van der Waals surface area contributed by atoms with Gasteiger partial charge in [-0.1, -0.05) is 40.2 Å². The van der Waals surface area contributed by atoms with Gasteiger partial charge in [0.05, 0.1) is 4.92 Å². The fraction of sp³-hybridized carbons (Fsp3) is 0.133. The van der Waals surface area contributed by atoms with Gasteiger partial charge < -0.3 is 0 Å². The first-order valence-electron chi connectivity index (χ1n) is 6.71. The first-order valence-corrected chi connectivity index (χ1v) is 7.62. The number of fused-ring (bicyclic) bond motifs is 1. The smallest absolute Gasteiger partial charge is 0.282 e. The second kappa shape index (κ2) is 6.05. The topological polar surface area (TPSA) is 75.5 Å². The lowest BCUT2D eigenvalue weighted by Gasteiger charge is -2.32. The summed E-state index contributed by atoms with van der Waals surface area (Å²) in [5, 5.41) is 12.7. The number of hydrogen-bond donors (Lipinski definition) is 1. The molecule has 3 rings (SSSR count). The Morgan fingerprint density at radius 3 is 2.61 bits per heavy atom. The zero-order valence-electron chi connectivity index (χ0n) is 11.7. The number of nitro benzene ring substituents is 1. The van der Waals surface area contributed by atoms with Gasteiger partial charge in [0.25, 0.3) is 11.6 Å². The Hall–Kier alpha value is -2.32. The number of benzene rings is 2. The third kappa shape index (κ3) is 2.95. The van der Waals surface area contributed by atoms with E-state index in [9.17, 15) is 19.3 Å². The van der Waals surface area contributed by atoms with E-state index < -0.39 is 10.8 Å². The molecule has 0 aromatic heterocycles. The van der Waals surface area contributed by atoms with Crippen LogP contribution in [-0.2, 0) is 6.54 Å². The van der Waals surface area contributed by atoms with Crippen molar-refractivity contribution in [1.82, 2.24) is 10.4 Å². The number of halogens is 2. The zero-order chi connectivity index (χ0) is 16.6. The maximum Gasteiger partial charge on any atom is 0.282 e. The van der Waals surface area contributed by atoms with Gasteiger partial charge in [-0.15, -0.1) is 0 Å². The van der Waals surface area contributed by atoms with Crippen LogP contribution in [0.2, 0.25) is 0 Å². The first kappa shape index (κ1) is 15.6. The van der Waals surface area contributed by atoms with Crippen molar-refractivity contribution in [2.24, 2.45) is 0 Å². The quantitative estimate of drug-likeness (QED) is 0.384. The van der Waals surface area contributed by atoms with Crippen LogP contribution in [0.25, 0.3) is 0 Å². The van der Waals surface area contributed by atoms with E-state index in [1.54, 1.807) is 29.3 Å². The van der Waals surface area contributed by atoms with Crippen LogP contribution in [0.5, 0.6) is 0 Å². The molecule has 1 heterocycles. The summed E-state index contributed by atoms with van der Waals surface area (Å²) < 4.78 is 13.0. The van der Waals surface area contributed by atoms with Gasteiger partial charge in [-0.05, 0) is 23.3 Å². The van der Waals surface area contributed by atoms with E-state index >= 15 is 0 Å². The number of rotatable bonds is 3. The molecule has 0 spiro atoms. The van der Waals surface area contributed by atoms with Gasteiger partial charge in [-0.25, -0.2) is 4.39 Å².